The number of carbonyl (C=O) groups is 1. The predicted octanol–water partition coefficient (Wildman–Crippen LogP) is 6.14. The van der Waals surface area contributed by atoms with Crippen LogP contribution in [0.3, 0.4) is 0 Å². The van der Waals surface area contributed by atoms with E-state index >= 15 is 0 Å². The van der Waals surface area contributed by atoms with Crippen LogP contribution in [0.5, 0.6) is 5.88 Å². The van der Waals surface area contributed by atoms with Crippen LogP contribution in [0, 0.1) is 25.2 Å². The third-order valence-corrected chi connectivity index (χ3v) is 9.67. The molecule has 0 saturated heterocycles. The van der Waals surface area contributed by atoms with Gasteiger partial charge in [-0.1, -0.05) is 45.0 Å². The molecule has 1 saturated carbocycles. The fraction of sp³-hybridized carbons (Fsp3) is 0.500. The lowest BCUT2D eigenvalue weighted by Crippen LogP contribution is -2.56. The van der Waals surface area contributed by atoms with Crippen molar-refractivity contribution in [1.82, 2.24) is 14.9 Å². The lowest BCUT2D eigenvalue weighted by molar-refractivity contribution is -0.0154. The number of hydrogen-bond acceptors (Lipinski definition) is 7. The van der Waals surface area contributed by atoms with Gasteiger partial charge < -0.3 is 14.7 Å². The van der Waals surface area contributed by atoms with Crippen LogP contribution in [0.1, 0.15) is 81.8 Å². The molecule has 1 aliphatic carbocycles. The number of carbonyl (C=O) groups excluding carboxylic acids is 1. The van der Waals surface area contributed by atoms with Gasteiger partial charge in [-0.05, 0) is 94.0 Å². The van der Waals surface area contributed by atoms with Gasteiger partial charge in [-0.15, -0.1) is 0 Å². The van der Waals surface area contributed by atoms with Crippen LogP contribution in [0.2, 0.25) is 0 Å². The zero-order valence-corrected chi connectivity index (χ0v) is 27.5. The number of aromatic nitrogens is 2. The number of nitrogens with one attached hydrogen (secondary N) is 1. The second kappa shape index (κ2) is 11.8. The molecule has 10 heteroatoms. The summed E-state index contributed by atoms with van der Waals surface area (Å²) in [7, 11) is -4.13. The average molecular weight is 621 g/mol. The van der Waals surface area contributed by atoms with Crippen molar-refractivity contribution in [2.75, 3.05) is 11.3 Å². The molecule has 2 aliphatic rings. The number of amides is 1. The molecule has 3 aromatic rings. The van der Waals surface area contributed by atoms with Gasteiger partial charge in [0.05, 0.1) is 22.2 Å². The maximum Gasteiger partial charge on any atom is 0.264 e. The lowest BCUT2D eigenvalue weighted by Gasteiger charge is -2.48. The second-order valence-electron chi connectivity index (χ2n) is 14.3. The highest BCUT2D eigenvalue weighted by Gasteiger charge is 2.42. The molecule has 1 aromatic heterocycles. The molecule has 0 spiro atoms. The van der Waals surface area contributed by atoms with Gasteiger partial charge in [0.15, 0.2) is 0 Å². The quantitative estimate of drug-likeness (QED) is 0.351. The molecule has 5 rings (SSSR count). The van der Waals surface area contributed by atoms with E-state index < -0.39 is 15.6 Å². The Morgan fingerprint density at radius 1 is 0.977 bits per heavy atom. The van der Waals surface area contributed by atoms with Crippen LogP contribution in [-0.4, -0.2) is 58.6 Å². The van der Waals surface area contributed by atoms with E-state index in [9.17, 15) is 18.3 Å². The van der Waals surface area contributed by atoms with Gasteiger partial charge in [-0.2, -0.15) is 4.98 Å². The Morgan fingerprint density at radius 2 is 1.64 bits per heavy atom. The SMILES string of the molecule is Cc1cccc(C)c1-c1cc2nc(n1)NS(=O)(=O)c1cccc(c1)C(=O)N(C1CC(CC(C)(C)O)C1)[C@H](CC(C)(C)C)CO2. The number of hydrogen-bond donors (Lipinski definition) is 2. The molecule has 2 aromatic carbocycles. The van der Waals surface area contributed by atoms with Crippen LogP contribution < -0.4 is 9.46 Å². The van der Waals surface area contributed by atoms with Crippen molar-refractivity contribution < 1.29 is 23.1 Å². The van der Waals surface area contributed by atoms with Gasteiger partial charge in [-0.3, -0.25) is 4.79 Å². The summed E-state index contributed by atoms with van der Waals surface area (Å²) in [6, 6.07) is 13.4. The van der Waals surface area contributed by atoms with Gasteiger partial charge >= 0.3 is 0 Å². The zero-order valence-electron chi connectivity index (χ0n) is 26.7. The van der Waals surface area contributed by atoms with Gasteiger partial charge in [0.25, 0.3) is 15.9 Å². The summed E-state index contributed by atoms with van der Waals surface area (Å²) < 4.78 is 36.1. The van der Waals surface area contributed by atoms with Gasteiger partial charge in [0.2, 0.25) is 11.8 Å². The molecule has 1 fully saturated rings. The predicted molar refractivity (Wildman–Crippen MR) is 171 cm³/mol. The van der Waals surface area contributed by atoms with Crippen molar-refractivity contribution in [3.05, 3.63) is 65.2 Å². The first-order valence-electron chi connectivity index (χ1n) is 15.3. The van der Waals surface area contributed by atoms with E-state index in [1.165, 1.54) is 12.1 Å². The third kappa shape index (κ3) is 7.24. The number of aliphatic hydroxyl groups is 1. The number of benzene rings is 2. The molecule has 2 N–H and O–H groups in total. The van der Waals surface area contributed by atoms with Crippen LogP contribution in [0.15, 0.2) is 53.4 Å². The van der Waals surface area contributed by atoms with E-state index in [0.717, 1.165) is 29.5 Å². The summed E-state index contributed by atoms with van der Waals surface area (Å²) in [5, 5.41) is 10.4. The summed E-state index contributed by atoms with van der Waals surface area (Å²) in [4.78, 5) is 25.2. The van der Waals surface area contributed by atoms with Gasteiger partial charge in [0.1, 0.15) is 6.61 Å². The molecule has 4 bridgehead atoms. The first-order valence-corrected chi connectivity index (χ1v) is 16.7. The number of nitrogens with zero attached hydrogens (tertiary/aromatic N) is 3. The lowest BCUT2D eigenvalue weighted by atomic mass is 9.73. The molecule has 1 amide bonds. The summed E-state index contributed by atoms with van der Waals surface area (Å²) in [5.41, 5.74) is 2.76. The number of aryl methyl sites for hydroxylation is 2. The van der Waals surface area contributed by atoms with Crippen molar-refractivity contribution in [3.8, 4) is 17.1 Å². The van der Waals surface area contributed by atoms with Crippen LogP contribution in [0.4, 0.5) is 5.95 Å². The molecule has 0 unspecified atom stereocenters. The topological polar surface area (TPSA) is 122 Å². The van der Waals surface area contributed by atoms with Gasteiger partial charge in [-0.25, -0.2) is 18.1 Å². The van der Waals surface area contributed by atoms with E-state index in [4.69, 9.17) is 4.74 Å². The maximum absolute atomic E-state index is 14.3. The van der Waals surface area contributed by atoms with E-state index in [2.05, 4.69) is 35.5 Å². The van der Waals surface area contributed by atoms with E-state index in [-0.39, 0.29) is 52.7 Å². The van der Waals surface area contributed by atoms with Crippen molar-refractivity contribution >= 4 is 21.9 Å². The number of sulfonamides is 1. The molecule has 0 radical (unpaired) electrons. The van der Waals surface area contributed by atoms with E-state index in [0.29, 0.717) is 24.1 Å². The highest BCUT2D eigenvalue weighted by molar-refractivity contribution is 7.92. The highest BCUT2D eigenvalue weighted by atomic mass is 32.2. The minimum atomic E-state index is -4.13. The Balaban J connectivity index is 1.62. The third-order valence-electron chi connectivity index (χ3n) is 8.35. The molecule has 2 heterocycles. The fourth-order valence-electron chi connectivity index (χ4n) is 6.57. The summed E-state index contributed by atoms with van der Waals surface area (Å²) in [6.07, 6.45) is 2.81. The summed E-state index contributed by atoms with van der Waals surface area (Å²) in [6.45, 7) is 14.2. The minimum Gasteiger partial charge on any atom is -0.475 e. The van der Waals surface area contributed by atoms with Crippen molar-refractivity contribution in [2.24, 2.45) is 11.3 Å². The fourth-order valence-corrected chi connectivity index (χ4v) is 7.56. The first-order chi connectivity index (χ1) is 20.5. The number of fused-ring (bicyclic) bond motifs is 4. The van der Waals surface area contributed by atoms with Crippen molar-refractivity contribution in [3.63, 3.8) is 0 Å². The van der Waals surface area contributed by atoms with E-state index in [1.807, 2.05) is 50.8 Å². The number of anilines is 1. The molecular formula is C34H44N4O5S. The Labute approximate surface area is 261 Å². The second-order valence-corrected chi connectivity index (χ2v) is 15.9. The number of ether oxygens (including phenoxy) is 1. The van der Waals surface area contributed by atoms with Crippen molar-refractivity contribution in [2.45, 2.75) is 96.7 Å². The monoisotopic (exact) mass is 620 g/mol. The van der Waals surface area contributed by atoms with Gasteiger partial charge in [0, 0.05) is 23.2 Å². The average Bonchev–Trinajstić information content (AvgIpc) is 2.88. The Kier molecular flexibility index (Phi) is 8.54. The molecule has 236 valence electrons. The number of rotatable bonds is 5. The minimum absolute atomic E-state index is 0.0491. The van der Waals surface area contributed by atoms with E-state index in [1.54, 1.807) is 18.2 Å². The first kappa shape index (κ1) is 31.9. The molecular weight excluding hydrogens is 576 g/mol. The largest absolute Gasteiger partial charge is 0.475 e. The van der Waals surface area contributed by atoms with Crippen LogP contribution in [-0.2, 0) is 10.0 Å². The summed E-state index contributed by atoms with van der Waals surface area (Å²) in [5.74, 6) is 0.170. The normalized spacial score (nSPS) is 22.0. The van der Waals surface area contributed by atoms with Crippen LogP contribution in [0.25, 0.3) is 11.3 Å². The molecule has 1 atom stereocenters. The zero-order chi connectivity index (χ0) is 32.0. The Hall–Kier alpha value is -3.50. The Bertz CT molecular complexity index is 1630. The summed E-state index contributed by atoms with van der Waals surface area (Å²) >= 11 is 0. The van der Waals surface area contributed by atoms with Crippen LogP contribution >= 0.6 is 0 Å². The Morgan fingerprint density at radius 3 is 2.27 bits per heavy atom. The molecule has 1 aliphatic heterocycles. The smallest absolute Gasteiger partial charge is 0.264 e. The van der Waals surface area contributed by atoms with Crippen molar-refractivity contribution in [1.29, 1.82) is 0 Å². The highest BCUT2D eigenvalue weighted by Crippen LogP contribution is 2.40. The standard InChI is InChI=1S/C34H44N4O5S/c1-21-10-8-11-22(2)30(21)28-17-29-36-32(35-28)37-44(41,42)27-13-9-12-24(16-27)31(39)38(26(20-43-29)19-33(3,4)5)25-14-23(15-25)18-34(6,7)40/h8-13,16-17,23,25-26,40H,14-15,18-20H2,1-7H3,(H,35,36,37)/t23?,25?,26-/m1/s1. The molecule has 9 nitrogen and oxygen atoms in total. The molecule has 44 heavy (non-hydrogen) atoms. The maximum atomic E-state index is 14.3.